The van der Waals surface area contributed by atoms with Crippen LogP contribution >= 0.6 is 15.9 Å². The van der Waals surface area contributed by atoms with Crippen LogP contribution in [-0.4, -0.2) is 26.4 Å². The SMILES string of the molecule is Cc1ccc(CN2CCc3c(nc(-c4ccccn4)[nH]c3=O)C2)c(Br)c1. The number of nitrogens with one attached hydrogen (secondary N) is 1. The number of aromatic nitrogens is 3. The van der Waals surface area contributed by atoms with Crippen LogP contribution < -0.4 is 5.56 Å². The molecule has 0 atom stereocenters. The molecular formula is C20H19BrN4O. The van der Waals surface area contributed by atoms with Crippen LogP contribution in [0.1, 0.15) is 22.4 Å². The van der Waals surface area contributed by atoms with Gasteiger partial charge in [0.2, 0.25) is 0 Å². The third-order valence-corrected chi connectivity index (χ3v) is 5.40. The Morgan fingerprint density at radius 3 is 2.92 bits per heavy atom. The summed E-state index contributed by atoms with van der Waals surface area (Å²) in [6.07, 6.45) is 2.42. The predicted octanol–water partition coefficient (Wildman–Crippen LogP) is 3.46. The van der Waals surface area contributed by atoms with E-state index in [0.29, 0.717) is 24.5 Å². The Bertz CT molecular complexity index is 1000. The first-order valence-electron chi connectivity index (χ1n) is 8.61. The third kappa shape index (κ3) is 3.48. The molecular weight excluding hydrogens is 392 g/mol. The zero-order valence-electron chi connectivity index (χ0n) is 14.5. The monoisotopic (exact) mass is 410 g/mol. The molecule has 132 valence electrons. The minimum Gasteiger partial charge on any atom is -0.305 e. The van der Waals surface area contributed by atoms with E-state index in [1.54, 1.807) is 6.20 Å². The van der Waals surface area contributed by atoms with Crippen LogP contribution in [0, 0.1) is 6.92 Å². The summed E-state index contributed by atoms with van der Waals surface area (Å²) in [5.41, 5.74) is 4.76. The van der Waals surface area contributed by atoms with Gasteiger partial charge in [0.1, 0.15) is 5.69 Å². The van der Waals surface area contributed by atoms with Crippen molar-refractivity contribution in [2.75, 3.05) is 6.54 Å². The molecule has 1 N–H and O–H groups in total. The van der Waals surface area contributed by atoms with Crippen LogP contribution in [0.25, 0.3) is 11.5 Å². The first kappa shape index (κ1) is 17.1. The Kier molecular flexibility index (Phi) is 4.70. The average molecular weight is 411 g/mol. The van der Waals surface area contributed by atoms with Gasteiger partial charge in [-0.25, -0.2) is 4.98 Å². The van der Waals surface area contributed by atoms with Gasteiger partial charge in [0.05, 0.1) is 5.69 Å². The molecule has 26 heavy (non-hydrogen) atoms. The normalized spacial score (nSPS) is 14.2. The quantitative estimate of drug-likeness (QED) is 0.717. The van der Waals surface area contributed by atoms with Crippen molar-refractivity contribution in [1.29, 1.82) is 0 Å². The number of nitrogens with zero attached hydrogens (tertiary/aromatic N) is 3. The number of halogens is 1. The third-order valence-electron chi connectivity index (χ3n) is 4.66. The van der Waals surface area contributed by atoms with Gasteiger partial charge in [-0.1, -0.05) is 34.1 Å². The van der Waals surface area contributed by atoms with Crippen molar-refractivity contribution < 1.29 is 0 Å². The molecule has 0 saturated heterocycles. The smallest absolute Gasteiger partial charge is 0.254 e. The summed E-state index contributed by atoms with van der Waals surface area (Å²) in [7, 11) is 0. The lowest BCUT2D eigenvalue weighted by atomic mass is 10.0. The lowest BCUT2D eigenvalue weighted by Crippen LogP contribution is -2.35. The minimum absolute atomic E-state index is 0.0492. The van der Waals surface area contributed by atoms with Crippen LogP contribution in [0.2, 0.25) is 0 Å². The molecule has 1 aliphatic rings. The number of hydrogen-bond acceptors (Lipinski definition) is 4. The van der Waals surface area contributed by atoms with Crippen molar-refractivity contribution in [3.8, 4) is 11.5 Å². The molecule has 0 saturated carbocycles. The molecule has 4 rings (SSSR count). The summed E-state index contributed by atoms with van der Waals surface area (Å²) in [6.45, 7) is 4.43. The largest absolute Gasteiger partial charge is 0.305 e. The maximum atomic E-state index is 12.5. The number of fused-ring (bicyclic) bond motifs is 1. The standard InChI is InChI=1S/C20H19BrN4O/c1-13-5-6-14(16(21)10-13)11-25-9-7-15-18(12-25)23-19(24-20(15)26)17-4-2-3-8-22-17/h2-6,8,10H,7,9,11-12H2,1H3,(H,23,24,26). The molecule has 1 aromatic carbocycles. The summed E-state index contributed by atoms with van der Waals surface area (Å²) >= 11 is 3.65. The Balaban J connectivity index is 1.61. The average Bonchev–Trinajstić information content (AvgIpc) is 2.64. The highest BCUT2D eigenvalue weighted by Gasteiger charge is 2.22. The van der Waals surface area contributed by atoms with E-state index in [0.717, 1.165) is 28.8 Å². The second kappa shape index (κ2) is 7.13. The summed E-state index contributed by atoms with van der Waals surface area (Å²) in [6, 6.07) is 12.0. The Morgan fingerprint density at radius 1 is 1.27 bits per heavy atom. The van der Waals surface area contributed by atoms with Crippen LogP contribution in [-0.2, 0) is 19.5 Å². The van der Waals surface area contributed by atoms with Gasteiger partial charge in [-0.05, 0) is 42.7 Å². The van der Waals surface area contributed by atoms with Crippen molar-refractivity contribution in [3.05, 3.63) is 79.8 Å². The van der Waals surface area contributed by atoms with Gasteiger partial charge in [-0.15, -0.1) is 0 Å². The predicted molar refractivity (Wildman–Crippen MR) is 105 cm³/mol. The van der Waals surface area contributed by atoms with E-state index in [-0.39, 0.29) is 5.56 Å². The fourth-order valence-electron chi connectivity index (χ4n) is 3.27. The molecule has 0 amide bonds. The van der Waals surface area contributed by atoms with Crippen molar-refractivity contribution in [3.63, 3.8) is 0 Å². The van der Waals surface area contributed by atoms with E-state index >= 15 is 0 Å². The van der Waals surface area contributed by atoms with E-state index in [1.807, 2.05) is 18.2 Å². The van der Waals surface area contributed by atoms with Crippen LogP contribution in [0.15, 0.2) is 51.9 Å². The van der Waals surface area contributed by atoms with Crippen molar-refractivity contribution in [2.45, 2.75) is 26.4 Å². The Morgan fingerprint density at radius 2 is 2.15 bits per heavy atom. The first-order valence-corrected chi connectivity index (χ1v) is 9.40. The summed E-state index contributed by atoms with van der Waals surface area (Å²) in [4.78, 5) is 26.7. The van der Waals surface area contributed by atoms with Gasteiger partial charge in [0.15, 0.2) is 5.82 Å². The maximum absolute atomic E-state index is 12.5. The highest BCUT2D eigenvalue weighted by Crippen LogP contribution is 2.23. The molecule has 3 heterocycles. The molecule has 2 aromatic heterocycles. The van der Waals surface area contributed by atoms with E-state index in [4.69, 9.17) is 4.98 Å². The van der Waals surface area contributed by atoms with E-state index in [2.05, 4.69) is 55.9 Å². The van der Waals surface area contributed by atoms with Crippen LogP contribution in [0.5, 0.6) is 0 Å². The van der Waals surface area contributed by atoms with Crippen LogP contribution in [0.4, 0.5) is 0 Å². The molecule has 0 spiro atoms. The second-order valence-electron chi connectivity index (χ2n) is 6.61. The van der Waals surface area contributed by atoms with Crippen molar-refractivity contribution >= 4 is 15.9 Å². The summed E-state index contributed by atoms with van der Waals surface area (Å²) in [5.74, 6) is 0.535. The number of aryl methyl sites for hydroxylation is 1. The Labute approximate surface area is 160 Å². The van der Waals surface area contributed by atoms with E-state index in [1.165, 1.54) is 11.1 Å². The maximum Gasteiger partial charge on any atom is 0.254 e. The van der Waals surface area contributed by atoms with Crippen molar-refractivity contribution in [2.24, 2.45) is 0 Å². The first-order chi connectivity index (χ1) is 12.6. The molecule has 0 bridgehead atoms. The van der Waals surface area contributed by atoms with Gasteiger partial charge in [-0.2, -0.15) is 0 Å². The lowest BCUT2D eigenvalue weighted by molar-refractivity contribution is 0.240. The van der Waals surface area contributed by atoms with Gasteiger partial charge in [-0.3, -0.25) is 14.7 Å². The zero-order chi connectivity index (χ0) is 18.1. The topological polar surface area (TPSA) is 61.9 Å². The number of aromatic amines is 1. The molecule has 0 radical (unpaired) electrons. The lowest BCUT2D eigenvalue weighted by Gasteiger charge is -2.28. The fraction of sp³-hybridized carbons (Fsp3) is 0.250. The molecule has 1 aliphatic heterocycles. The summed E-state index contributed by atoms with van der Waals surface area (Å²) < 4.78 is 1.12. The highest BCUT2D eigenvalue weighted by molar-refractivity contribution is 9.10. The molecule has 0 fully saturated rings. The zero-order valence-corrected chi connectivity index (χ0v) is 16.1. The number of H-pyrrole nitrogens is 1. The number of hydrogen-bond donors (Lipinski definition) is 1. The number of benzene rings is 1. The minimum atomic E-state index is -0.0492. The van der Waals surface area contributed by atoms with Gasteiger partial charge >= 0.3 is 0 Å². The Hall–Kier alpha value is -2.31. The number of rotatable bonds is 3. The molecule has 0 aliphatic carbocycles. The molecule has 3 aromatic rings. The second-order valence-corrected chi connectivity index (χ2v) is 7.46. The molecule has 5 nitrogen and oxygen atoms in total. The van der Waals surface area contributed by atoms with Crippen LogP contribution in [0.3, 0.4) is 0 Å². The highest BCUT2D eigenvalue weighted by atomic mass is 79.9. The van der Waals surface area contributed by atoms with Gasteiger partial charge < -0.3 is 4.98 Å². The fourth-order valence-corrected chi connectivity index (χ4v) is 3.89. The van der Waals surface area contributed by atoms with E-state index < -0.39 is 0 Å². The number of pyridine rings is 1. The molecule has 6 heteroatoms. The van der Waals surface area contributed by atoms with Gasteiger partial charge in [0.25, 0.3) is 5.56 Å². The van der Waals surface area contributed by atoms with Crippen molar-refractivity contribution in [1.82, 2.24) is 19.9 Å². The van der Waals surface area contributed by atoms with E-state index in [9.17, 15) is 4.79 Å². The van der Waals surface area contributed by atoms with Gasteiger partial charge in [0, 0.05) is 35.9 Å². The molecule has 0 unspecified atom stereocenters. The summed E-state index contributed by atoms with van der Waals surface area (Å²) in [5, 5.41) is 0.